The van der Waals surface area contributed by atoms with Crippen LogP contribution in [-0.2, 0) is 14.3 Å². The summed E-state index contributed by atoms with van der Waals surface area (Å²) in [6.45, 7) is 1.20. The van der Waals surface area contributed by atoms with E-state index in [-0.39, 0.29) is 6.61 Å². The summed E-state index contributed by atoms with van der Waals surface area (Å²) in [5.74, 6) is -2.69. The largest absolute Gasteiger partial charge is 0.485 e. The van der Waals surface area contributed by atoms with Crippen molar-refractivity contribution in [3.8, 4) is 11.5 Å². The molecule has 1 heterocycles. The molecule has 6 nitrogen and oxygen atoms in total. The van der Waals surface area contributed by atoms with Crippen LogP contribution in [0.4, 0.5) is 14.5 Å². The smallest absolute Gasteiger partial charge is 0.351 e. The highest BCUT2D eigenvalue weighted by molar-refractivity contribution is 5.95. The second-order valence-corrected chi connectivity index (χ2v) is 5.53. The topological polar surface area (TPSA) is 73.9 Å². The number of carbonyl (C=O) groups is 2. The maximum atomic E-state index is 13.6. The number of hydrogen-bond donors (Lipinski definition) is 1. The summed E-state index contributed by atoms with van der Waals surface area (Å²) in [5, 5.41) is 2.06. The molecule has 2 aromatic carbocycles. The highest BCUT2D eigenvalue weighted by atomic mass is 19.1. The molecule has 8 heteroatoms. The molecule has 26 heavy (non-hydrogen) atoms. The van der Waals surface area contributed by atoms with Crippen LogP contribution in [0.2, 0.25) is 0 Å². The van der Waals surface area contributed by atoms with Crippen LogP contribution in [-0.4, -0.2) is 30.7 Å². The molecule has 1 aliphatic heterocycles. The second kappa shape index (κ2) is 7.38. The number of amides is 1. The lowest BCUT2D eigenvalue weighted by Crippen LogP contribution is -2.41. The van der Waals surface area contributed by atoms with E-state index in [1.54, 1.807) is 24.3 Å². The van der Waals surface area contributed by atoms with Crippen molar-refractivity contribution in [1.29, 1.82) is 0 Å². The fraction of sp³-hybridized carbons (Fsp3) is 0.222. The van der Waals surface area contributed by atoms with Gasteiger partial charge in [-0.1, -0.05) is 18.2 Å². The van der Waals surface area contributed by atoms with Gasteiger partial charge in [0.15, 0.2) is 17.6 Å². The molecule has 0 fully saturated rings. The van der Waals surface area contributed by atoms with E-state index < -0.39 is 41.4 Å². The number of halogens is 2. The number of benzene rings is 2. The van der Waals surface area contributed by atoms with Gasteiger partial charge in [0.1, 0.15) is 23.9 Å². The Morgan fingerprint density at radius 2 is 1.77 bits per heavy atom. The van der Waals surface area contributed by atoms with Crippen molar-refractivity contribution in [2.75, 3.05) is 11.9 Å². The fourth-order valence-corrected chi connectivity index (χ4v) is 2.28. The third kappa shape index (κ3) is 3.74. The lowest BCUT2D eigenvalue weighted by Gasteiger charge is -2.25. The van der Waals surface area contributed by atoms with Gasteiger partial charge >= 0.3 is 5.97 Å². The molecule has 0 aromatic heterocycles. The van der Waals surface area contributed by atoms with Crippen LogP contribution >= 0.6 is 0 Å². The van der Waals surface area contributed by atoms with Crippen molar-refractivity contribution in [2.24, 2.45) is 0 Å². The van der Waals surface area contributed by atoms with Gasteiger partial charge in [0, 0.05) is 0 Å². The standard InChI is InChI=1S/C18H15F2NO5/c1-10(17(22)21-16-11(19)5-4-6-12(16)20)25-18(23)15-9-24-13-7-2-3-8-14(13)26-15/h2-8,10,15H,9H2,1H3,(H,21,22)/t10-,15-/m1/s1. The minimum absolute atomic E-state index is 0.0773. The number of carbonyl (C=O) groups excluding carboxylic acids is 2. The molecule has 1 amide bonds. The van der Waals surface area contributed by atoms with Crippen LogP contribution in [0.25, 0.3) is 0 Å². The average molecular weight is 363 g/mol. The van der Waals surface area contributed by atoms with Crippen LogP contribution in [0.15, 0.2) is 42.5 Å². The average Bonchev–Trinajstić information content (AvgIpc) is 2.64. The zero-order valence-electron chi connectivity index (χ0n) is 13.7. The molecule has 2 aromatic rings. The molecule has 0 unspecified atom stereocenters. The fourth-order valence-electron chi connectivity index (χ4n) is 2.28. The highest BCUT2D eigenvalue weighted by Crippen LogP contribution is 2.31. The highest BCUT2D eigenvalue weighted by Gasteiger charge is 2.31. The summed E-state index contributed by atoms with van der Waals surface area (Å²) in [7, 11) is 0. The first-order chi connectivity index (χ1) is 12.5. The third-order valence-electron chi connectivity index (χ3n) is 3.64. The summed E-state index contributed by atoms with van der Waals surface area (Å²) in [6.07, 6.45) is -2.34. The van der Waals surface area contributed by atoms with Gasteiger partial charge in [-0.2, -0.15) is 0 Å². The second-order valence-electron chi connectivity index (χ2n) is 5.53. The number of esters is 1. The summed E-state index contributed by atoms with van der Waals surface area (Å²) in [6, 6.07) is 9.97. The third-order valence-corrected chi connectivity index (χ3v) is 3.64. The quantitative estimate of drug-likeness (QED) is 0.846. The van der Waals surface area contributed by atoms with Gasteiger partial charge in [-0.3, -0.25) is 4.79 Å². The predicted octanol–water partition coefficient (Wildman–Crippen LogP) is 2.67. The Hall–Kier alpha value is -3.16. The molecular formula is C18H15F2NO5. The Balaban J connectivity index is 1.60. The van der Waals surface area contributed by atoms with E-state index in [1.807, 2.05) is 0 Å². The Morgan fingerprint density at radius 1 is 1.12 bits per heavy atom. The molecule has 1 aliphatic rings. The first-order valence-corrected chi connectivity index (χ1v) is 7.79. The number of ether oxygens (including phenoxy) is 3. The molecule has 0 saturated heterocycles. The van der Waals surface area contributed by atoms with E-state index in [2.05, 4.69) is 5.32 Å². The van der Waals surface area contributed by atoms with Gasteiger partial charge in [-0.25, -0.2) is 13.6 Å². The first-order valence-electron chi connectivity index (χ1n) is 7.79. The van der Waals surface area contributed by atoms with Crippen molar-refractivity contribution in [3.05, 3.63) is 54.1 Å². The summed E-state index contributed by atoms with van der Waals surface area (Å²) < 4.78 is 43.0. The zero-order valence-corrected chi connectivity index (χ0v) is 13.7. The number of hydrogen-bond acceptors (Lipinski definition) is 5. The molecule has 3 rings (SSSR count). The first kappa shape index (κ1) is 17.7. The van der Waals surface area contributed by atoms with E-state index in [0.29, 0.717) is 11.5 Å². The van der Waals surface area contributed by atoms with Gasteiger partial charge in [0.05, 0.1) is 0 Å². The van der Waals surface area contributed by atoms with E-state index >= 15 is 0 Å². The maximum absolute atomic E-state index is 13.6. The van der Waals surface area contributed by atoms with Gasteiger partial charge in [-0.15, -0.1) is 0 Å². The summed E-state index contributed by atoms with van der Waals surface area (Å²) in [4.78, 5) is 24.2. The number of rotatable bonds is 4. The van der Waals surface area contributed by atoms with Crippen molar-refractivity contribution in [2.45, 2.75) is 19.1 Å². The van der Waals surface area contributed by atoms with Crippen molar-refractivity contribution < 1.29 is 32.6 Å². The van der Waals surface area contributed by atoms with Crippen LogP contribution in [0.3, 0.4) is 0 Å². The Labute approximate surface area is 147 Å². The molecule has 2 atom stereocenters. The van der Waals surface area contributed by atoms with E-state index in [0.717, 1.165) is 12.1 Å². The number of anilines is 1. The Kier molecular flexibility index (Phi) is 5.01. The van der Waals surface area contributed by atoms with E-state index in [9.17, 15) is 18.4 Å². The molecule has 1 N–H and O–H groups in total. The van der Waals surface area contributed by atoms with Gasteiger partial charge < -0.3 is 19.5 Å². The lowest BCUT2D eigenvalue weighted by atomic mass is 10.2. The van der Waals surface area contributed by atoms with Crippen molar-refractivity contribution in [3.63, 3.8) is 0 Å². The Morgan fingerprint density at radius 3 is 2.46 bits per heavy atom. The predicted molar refractivity (Wildman–Crippen MR) is 86.9 cm³/mol. The van der Waals surface area contributed by atoms with Crippen LogP contribution in [0, 0.1) is 11.6 Å². The lowest BCUT2D eigenvalue weighted by molar-refractivity contribution is -0.162. The molecule has 0 spiro atoms. The summed E-state index contributed by atoms with van der Waals surface area (Å²) in [5.41, 5.74) is -0.605. The number of fused-ring (bicyclic) bond motifs is 1. The zero-order chi connectivity index (χ0) is 18.7. The maximum Gasteiger partial charge on any atom is 0.351 e. The van der Waals surface area contributed by atoms with E-state index in [4.69, 9.17) is 14.2 Å². The normalized spacial score (nSPS) is 16.5. The van der Waals surface area contributed by atoms with Crippen LogP contribution < -0.4 is 14.8 Å². The SMILES string of the molecule is C[C@@H](OC(=O)[C@H]1COc2ccccc2O1)C(=O)Nc1c(F)cccc1F. The number of nitrogens with one attached hydrogen (secondary N) is 1. The van der Waals surface area contributed by atoms with Crippen molar-refractivity contribution >= 4 is 17.6 Å². The van der Waals surface area contributed by atoms with Gasteiger partial charge in [0.2, 0.25) is 6.10 Å². The molecular weight excluding hydrogens is 348 g/mol. The molecule has 0 radical (unpaired) electrons. The van der Waals surface area contributed by atoms with E-state index in [1.165, 1.54) is 13.0 Å². The number of para-hydroxylation sites is 3. The molecule has 0 saturated carbocycles. The van der Waals surface area contributed by atoms with Crippen molar-refractivity contribution in [1.82, 2.24) is 0 Å². The Bertz CT molecular complexity index is 822. The summed E-state index contributed by atoms with van der Waals surface area (Å²) >= 11 is 0. The van der Waals surface area contributed by atoms with Crippen LogP contribution in [0.5, 0.6) is 11.5 Å². The minimum Gasteiger partial charge on any atom is -0.485 e. The molecule has 136 valence electrons. The minimum atomic E-state index is -1.29. The van der Waals surface area contributed by atoms with Gasteiger partial charge in [-0.05, 0) is 31.2 Å². The molecule has 0 bridgehead atoms. The van der Waals surface area contributed by atoms with Gasteiger partial charge in [0.25, 0.3) is 5.91 Å². The van der Waals surface area contributed by atoms with Crippen LogP contribution in [0.1, 0.15) is 6.92 Å². The molecule has 0 aliphatic carbocycles. The monoisotopic (exact) mass is 363 g/mol.